The number of carbonyl (C=O) groups excluding carboxylic acids is 1. The van der Waals surface area contributed by atoms with Crippen LogP contribution >= 0.6 is 0 Å². The summed E-state index contributed by atoms with van der Waals surface area (Å²) in [5, 5.41) is 6.01. The zero-order valence-electron chi connectivity index (χ0n) is 10.5. The van der Waals surface area contributed by atoms with E-state index < -0.39 is 0 Å². The summed E-state index contributed by atoms with van der Waals surface area (Å²) in [5.74, 6) is 0.0806. The van der Waals surface area contributed by atoms with Crippen molar-refractivity contribution >= 4 is 5.91 Å². The normalized spacial score (nSPS) is 12.9. The molecular formula is C11H25N3O. The lowest BCUT2D eigenvalue weighted by molar-refractivity contribution is -0.122. The number of likely N-dealkylation sites (N-methyl/N-ethyl adjacent to an activating group) is 2. The molecule has 0 rings (SSSR count). The van der Waals surface area contributed by atoms with Gasteiger partial charge in [-0.2, -0.15) is 0 Å². The molecular weight excluding hydrogens is 190 g/mol. The van der Waals surface area contributed by atoms with Gasteiger partial charge in [-0.3, -0.25) is 4.79 Å². The summed E-state index contributed by atoms with van der Waals surface area (Å²) in [6.45, 7) is 12.8. The second-order valence-corrected chi connectivity index (χ2v) is 3.60. The highest BCUT2D eigenvalue weighted by Gasteiger charge is 2.10. The molecule has 15 heavy (non-hydrogen) atoms. The molecule has 0 heterocycles. The van der Waals surface area contributed by atoms with Crippen LogP contribution in [0.15, 0.2) is 0 Å². The zero-order valence-corrected chi connectivity index (χ0v) is 10.5. The topological polar surface area (TPSA) is 44.4 Å². The second-order valence-electron chi connectivity index (χ2n) is 3.60. The van der Waals surface area contributed by atoms with Gasteiger partial charge < -0.3 is 15.5 Å². The molecule has 90 valence electrons. The van der Waals surface area contributed by atoms with E-state index >= 15 is 0 Å². The minimum atomic E-state index is -0.0967. The van der Waals surface area contributed by atoms with E-state index in [9.17, 15) is 4.79 Å². The van der Waals surface area contributed by atoms with Crippen LogP contribution in [0.2, 0.25) is 0 Å². The van der Waals surface area contributed by atoms with Gasteiger partial charge in [0.05, 0.1) is 6.04 Å². The molecule has 2 N–H and O–H groups in total. The lowest BCUT2D eigenvalue weighted by Crippen LogP contribution is -2.44. The predicted octanol–water partition coefficient (Wildman–Crippen LogP) is 0.442. The molecule has 0 saturated carbocycles. The first-order valence-corrected chi connectivity index (χ1v) is 5.89. The predicted molar refractivity (Wildman–Crippen MR) is 63.9 cm³/mol. The van der Waals surface area contributed by atoms with Gasteiger partial charge in [0.1, 0.15) is 0 Å². The Labute approximate surface area is 93.4 Å². The van der Waals surface area contributed by atoms with Crippen LogP contribution in [0.5, 0.6) is 0 Å². The van der Waals surface area contributed by atoms with Gasteiger partial charge in [0.2, 0.25) is 5.91 Å². The molecule has 0 fully saturated rings. The first-order valence-electron chi connectivity index (χ1n) is 5.89. The van der Waals surface area contributed by atoms with Crippen molar-refractivity contribution in [3.63, 3.8) is 0 Å². The number of hydrogen-bond donors (Lipinski definition) is 2. The van der Waals surface area contributed by atoms with E-state index in [2.05, 4.69) is 29.4 Å². The SMILES string of the molecule is CCNC(=O)C(C)NCCN(CC)CC. The van der Waals surface area contributed by atoms with Crippen molar-refractivity contribution in [3.8, 4) is 0 Å². The van der Waals surface area contributed by atoms with Crippen LogP contribution in [-0.4, -0.2) is 49.6 Å². The summed E-state index contributed by atoms with van der Waals surface area (Å²) < 4.78 is 0. The van der Waals surface area contributed by atoms with Gasteiger partial charge in [-0.25, -0.2) is 0 Å². The van der Waals surface area contributed by atoms with Gasteiger partial charge in [0.15, 0.2) is 0 Å². The molecule has 0 bridgehead atoms. The smallest absolute Gasteiger partial charge is 0.236 e. The molecule has 0 aromatic carbocycles. The molecule has 0 aliphatic heterocycles. The quantitative estimate of drug-likeness (QED) is 0.617. The van der Waals surface area contributed by atoms with E-state index in [4.69, 9.17) is 0 Å². The summed E-state index contributed by atoms with van der Waals surface area (Å²) in [7, 11) is 0. The number of hydrogen-bond acceptors (Lipinski definition) is 3. The van der Waals surface area contributed by atoms with Crippen LogP contribution in [0.4, 0.5) is 0 Å². The molecule has 1 amide bonds. The molecule has 1 unspecified atom stereocenters. The molecule has 0 aliphatic rings. The fourth-order valence-electron chi connectivity index (χ4n) is 1.40. The summed E-state index contributed by atoms with van der Waals surface area (Å²) in [4.78, 5) is 13.7. The van der Waals surface area contributed by atoms with Crippen molar-refractivity contribution in [2.75, 3.05) is 32.7 Å². The van der Waals surface area contributed by atoms with Crippen LogP contribution in [-0.2, 0) is 4.79 Å². The van der Waals surface area contributed by atoms with Crippen molar-refractivity contribution in [1.29, 1.82) is 0 Å². The van der Waals surface area contributed by atoms with Gasteiger partial charge in [0, 0.05) is 19.6 Å². The molecule has 1 atom stereocenters. The largest absolute Gasteiger partial charge is 0.355 e. The maximum Gasteiger partial charge on any atom is 0.236 e. The van der Waals surface area contributed by atoms with E-state index in [-0.39, 0.29) is 11.9 Å². The lowest BCUT2D eigenvalue weighted by Gasteiger charge is -2.20. The average Bonchev–Trinajstić information content (AvgIpc) is 2.24. The number of carbonyl (C=O) groups is 1. The monoisotopic (exact) mass is 215 g/mol. The lowest BCUT2D eigenvalue weighted by atomic mass is 10.3. The Morgan fingerprint density at radius 2 is 1.87 bits per heavy atom. The highest BCUT2D eigenvalue weighted by molar-refractivity contribution is 5.81. The molecule has 0 spiro atoms. The Bertz CT molecular complexity index is 169. The Morgan fingerprint density at radius 1 is 1.27 bits per heavy atom. The van der Waals surface area contributed by atoms with Crippen LogP contribution in [0.25, 0.3) is 0 Å². The highest BCUT2D eigenvalue weighted by atomic mass is 16.2. The third kappa shape index (κ3) is 6.47. The van der Waals surface area contributed by atoms with Gasteiger partial charge in [-0.05, 0) is 26.9 Å². The maximum atomic E-state index is 11.4. The van der Waals surface area contributed by atoms with Crippen LogP contribution in [0, 0.1) is 0 Å². The first kappa shape index (κ1) is 14.4. The fraction of sp³-hybridized carbons (Fsp3) is 0.909. The van der Waals surface area contributed by atoms with E-state index in [1.807, 2.05) is 13.8 Å². The van der Waals surface area contributed by atoms with E-state index in [1.165, 1.54) is 0 Å². The standard InChI is InChI=1S/C11H25N3O/c1-5-12-11(15)10(4)13-8-9-14(6-2)7-3/h10,13H,5-9H2,1-4H3,(H,12,15). The van der Waals surface area contributed by atoms with Crippen LogP contribution in [0.3, 0.4) is 0 Å². The van der Waals surface area contributed by atoms with Gasteiger partial charge in [-0.15, -0.1) is 0 Å². The summed E-state index contributed by atoms with van der Waals surface area (Å²) >= 11 is 0. The number of amides is 1. The molecule has 0 radical (unpaired) electrons. The van der Waals surface area contributed by atoms with E-state index in [0.717, 1.165) is 26.2 Å². The molecule has 0 saturated heterocycles. The Balaban J connectivity index is 3.61. The average molecular weight is 215 g/mol. The molecule has 4 nitrogen and oxygen atoms in total. The van der Waals surface area contributed by atoms with Gasteiger partial charge >= 0.3 is 0 Å². The van der Waals surface area contributed by atoms with Crippen molar-refractivity contribution < 1.29 is 4.79 Å². The van der Waals surface area contributed by atoms with Crippen molar-refractivity contribution in [3.05, 3.63) is 0 Å². The summed E-state index contributed by atoms with van der Waals surface area (Å²) in [5.41, 5.74) is 0. The number of rotatable bonds is 8. The number of nitrogens with zero attached hydrogens (tertiary/aromatic N) is 1. The Kier molecular flexibility index (Phi) is 8.33. The van der Waals surface area contributed by atoms with Gasteiger partial charge in [0.25, 0.3) is 0 Å². The van der Waals surface area contributed by atoms with Gasteiger partial charge in [-0.1, -0.05) is 13.8 Å². The summed E-state index contributed by atoms with van der Waals surface area (Å²) in [6, 6.07) is -0.0967. The molecule has 0 aromatic heterocycles. The third-order valence-corrected chi connectivity index (χ3v) is 2.52. The van der Waals surface area contributed by atoms with Crippen LogP contribution in [0.1, 0.15) is 27.7 Å². The van der Waals surface area contributed by atoms with E-state index in [1.54, 1.807) is 0 Å². The maximum absolute atomic E-state index is 11.4. The third-order valence-electron chi connectivity index (χ3n) is 2.52. The summed E-state index contributed by atoms with van der Waals surface area (Å²) in [6.07, 6.45) is 0. The first-order chi connectivity index (χ1) is 7.15. The number of nitrogens with one attached hydrogen (secondary N) is 2. The Hall–Kier alpha value is -0.610. The van der Waals surface area contributed by atoms with Crippen LogP contribution < -0.4 is 10.6 Å². The molecule has 4 heteroatoms. The molecule has 0 aliphatic carbocycles. The van der Waals surface area contributed by atoms with Crippen molar-refractivity contribution in [2.24, 2.45) is 0 Å². The highest BCUT2D eigenvalue weighted by Crippen LogP contribution is 1.86. The zero-order chi connectivity index (χ0) is 11.7. The Morgan fingerprint density at radius 3 is 2.33 bits per heavy atom. The minimum Gasteiger partial charge on any atom is -0.355 e. The molecule has 0 aromatic rings. The van der Waals surface area contributed by atoms with Crippen molar-refractivity contribution in [1.82, 2.24) is 15.5 Å². The second kappa shape index (κ2) is 8.68. The fourth-order valence-corrected chi connectivity index (χ4v) is 1.40. The van der Waals surface area contributed by atoms with Crippen molar-refractivity contribution in [2.45, 2.75) is 33.7 Å². The minimum absolute atomic E-state index is 0.0806. The van der Waals surface area contributed by atoms with E-state index in [0.29, 0.717) is 6.54 Å².